The molecule has 9 heteroatoms. The summed E-state index contributed by atoms with van der Waals surface area (Å²) in [5.74, 6) is -0.688. The van der Waals surface area contributed by atoms with Gasteiger partial charge in [0.15, 0.2) is 11.5 Å². The molecule has 0 bridgehead atoms. The number of carbonyl (C=O) groups excluding carboxylic acids is 2. The first kappa shape index (κ1) is 25.7. The largest absolute Gasteiger partial charge is 0.493 e. The van der Waals surface area contributed by atoms with Crippen molar-refractivity contribution in [2.24, 2.45) is 0 Å². The normalized spacial score (nSPS) is 10.9. The number of nitriles is 1. The standard InChI is InChI=1S/C25H17Br3N2O4/c1-14-8-18(26)22(19(27)9-14)30-24(31)17(13-29)10-15-11-20(28)23(21(12-15)33-2)34-25(32)16-6-4-3-5-7-16/h3-12H,1-2H3,(H,30,31)/b17-10+. The zero-order valence-corrected chi connectivity index (χ0v) is 22.7. The van der Waals surface area contributed by atoms with Gasteiger partial charge in [0.1, 0.15) is 11.6 Å². The molecule has 0 heterocycles. The highest BCUT2D eigenvalue weighted by Crippen LogP contribution is 2.38. The first-order chi connectivity index (χ1) is 16.2. The summed E-state index contributed by atoms with van der Waals surface area (Å²) < 4.78 is 12.7. The maximum absolute atomic E-state index is 12.8. The number of benzene rings is 3. The number of hydrogen-bond donors (Lipinski definition) is 1. The number of carbonyl (C=O) groups is 2. The average Bonchev–Trinajstić information content (AvgIpc) is 2.81. The van der Waals surface area contributed by atoms with Crippen molar-refractivity contribution in [2.45, 2.75) is 6.92 Å². The van der Waals surface area contributed by atoms with Crippen LogP contribution in [0.1, 0.15) is 21.5 Å². The summed E-state index contributed by atoms with van der Waals surface area (Å²) in [6.07, 6.45) is 1.42. The molecule has 0 aromatic heterocycles. The number of anilines is 1. The Morgan fingerprint density at radius 2 is 1.65 bits per heavy atom. The second kappa shape index (κ2) is 11.5. The van der Waals surface area contributed by atoms with E-state index in [1.807, 2.05) is 25.1 Å². The molecule has 0 aliphatic rings. The maximum atomic E-state index is 12.8. The van der Waals surface area contributed by atoms with Crippen LogP contribution in [0, 0.1) is 18.3 Å². The highest BCUT2D eigenvalue weighted by molar-refractivity contribution is 9.11. The van der Waals surface area contributed by atoms with Crippen LogP contribution in [0.2, 0.25) is 0 Å². The van der Waals surface area contributed by atoms with E-state index in [0.29, 0.717) is 30.2 Å². The summed E-state index contributed by atoms with van der Waals surface area (Å²) >= 11 is 10.2. The van der Waals surface area contributed by atoms with Crippen LogP contribution in [0.4, 0.5) is 5.69 Å². The molecule has 0 saturated heterocycles. The van der Waals surface area contributed by atoms with Gasteiger partial charge in [0.05, 0.1) is 22.8 Å². The van der Waals surface area contributed by atoms with Gasteiger partial charge in [-0.1, -0.05) is 18.2 Å². The van der Waals surface area contributed by atoms with Gasteiger partial charge in [-0.3, -0.25) is 4.79 Å². The van der Waals surface area contributed by atoms with Crippen molar-refractivity contribution < 1.29 is 19.1 Å². The van der Waals surface area contributed by atoms with E-state index in [9.17, 15) is 14.9 Å². The van der Waals surface area contributed by atoms with E-state index >= 15 is 0 Å². The van der Waals surface area contributed by atoms with E-state index < -0.39 is 11.9 Å². The molecule has 3 rings (SSSR count). The van der Waals surface area contributed by atoms with Gasteiger partial charge in [-0.25, -0.2) is 4.79 Å². The first-order valence-electron chi connectivity index (χ1n) is 9.77. The van der Waals surface area contributed by atoms with E-state index in [4.69, 9.17) is 9.47 Å². The SMILES string of the molecule is COc1cc(/C=C(\C#N)C(=O)Nc2c(Br)cc(C)cc2Br)cc(Br)c1OC(=O)c1ccccc1. The lowest BCUT2D eigenvalue weighted by Crippen LogP contribution is -2.14. The summed E-state index contributed by atoms with van der Waals surface area (Å²) in [6.45, 7) is 1.92. The average molecular weight is 649 g/mol. The van der Waals surface area contributed by atoms with Crippen molar-refractivity contribution in [3.8, 4) is 17.6 Å². The Balaban J connectivity index is 1.89. The summed E-state index contributed by atoms with van der Waals surface area (Å²) in [5.41, 5.74) is 2.27. The number of rotatable bonds is 6. The Morgan fingerprint density at radius 3 is 2.24 bits per heavy atom. The molecule has 1 amide bonds. The molecule has 34 heavy (non-hydrogen) atoms. The molecule has 0 aliphatic carbocycles. The number of halogens is 3. The van der Waals surface area contributed by atoms with Gasteiger partial charge in [0, 0.05) is 8.95 Å². The number of hydrogen-bond acceptors (Lipinski definition) is 5. The Morgan fingerprint density at radius 1 is 1.00 bits per heavy atom. The van der Waals surface area contributed by atoms with Crippen LogP contribution in [0.3, 0.4) is 0 Å². The van der Waals surface area contributed by atoms with Gasteiger partial charge in [-0.15, -0.1) is 0 Å². The van der Waals surface area contributed by atoms with Crippen LogP contribution < -0.4 is 14.8 Å². The highest BCUT2D eigenvalue weighted by Gasteiger charge is 2.18. The fourth-order valence-electron chi connectivity index (χ4n) is 2.96. The fraction of sp³-hybridized carbons (Fsp3) is 0.0800. The topological polar surface area (TPSA) is 88.4 Å². The predicted molar refractivity (Wildman–Crippen MR) is 141 cm³/mol. The molecule has 0 saturated carbocycles. The Bertz CT molecular complexity index is 1310. The lowest BCUT2D eigenvalue weighted by Gasteiger charge is -2.13. The van der Waals surface area contributed by atoms with Gasteiger partial charge >= 0.3 is 5.97 Å². The summed E-state index contributed by atoms with van der Waals surface area (Å²) in [6, 6.07) is 17.4. The molecular weight excluding hydrogens is 632 g/mol. The van der Waals surface area contributed by atoms with Crippen molar-refractivity contribution in [1.82, 2.24) is 0 Å². The molecule has 6 nitrogen and oxygen atoms in total. The molecule has 0 aliphatic heterocycles. The van der Waals surface area contributed by atoms with Crippen LogP contribution >= 0.6 is 47.8 Å². The van der Waals surface area contributed by atoms with Crippen molar-refractivity contribution in [1.29, 1.82) is 5.26 Å². The lowest BCUT2D eigenvalue weighted by molar-refractivity contribution is -0.112. The highest BCUT2D eigenvalue weighted by atomic mass is 79.9. The van der Waals surface area contributed by atoms with E-state index in [0.717, 1.165) is 5.56 Å². The smallest absolute Gasteiger partial charge is 0.343 e. The lowest BCUT2D eigenvalue weighted by atomic mass is 10.1. The Labute approximate surface area is 222 Å². The second-order valence-electron chi connectivity index (χ2n) is 7.02. The molecule has 0 atom stereocenters. The van der Waals surface area contributed by atoms with Crippen molar-refractivity contribution >= 4 is 71.4 Å². The molecule has 0 spiro atoms. The van der Waals surface area contributed by atoms with E-state index in [-0.39, 0.29) is 17.1 Å². The zero-order valence-electron chi connectivity index (χ0n) is 18.0. The van der Waals surface area contributed by atoms with Crippen LogP contribution in [-0.2, 0) is 4.79 Å². The van der Waals surface area contributed by atoms with Crippen LogP contribution in [0.5, 0.6) is 11.5 Å². The predicted octanol–water partition coefficient (Wildman–Crippen LogP) is 7.06. The number of nitrogens with zero attached hydrogens (tertiary/aromatic N) is 1. The van der Waals surface area contributed by atoms with Gasteiger partial charge in [-0.05, 0) is 108 Å². The molecule has 172 valence electrons. The fourth-order valence-corrected chi connectivity index (χ4v) is 5.12. The molecule has 0 fully saturated rings. The van der Waals surface area contributed by atoms with Gasteiger partial charge in [0.25, 0.3) is 5.91 Å². The molecule has 0 unspecified atom stereocenters. The number of aryl methyl sites for hydroxylation is 1. The number of nitrogens with one attached hydrogen (secondary N) is 1. The minimum absolute atomic E-state index is 0.123. The van der Waals surface area contributed by atoms with Crippen LogP contribution in [0.15, 0.2) is 73.6 Å². The second-order valence-corrected chi connectivity index (χ2v) is 9.58. The minimum atomic E-state index is -0.581. The number of ether oxygens (including phenoxy) is 2. The Hall–Kier alpha value is -2.93. The molecule has 3 aromatic rings. The first-order valence-corrected chi connectivity index (χ1v) is 12.1. The van der Waals surface area contributed by atoms with Crippen LogP contribution in [0.25, 0.3) is 6.08 Å². The summed E-state index contributed by atoms with van der Waals surface area (Å²) in [5, 5.41) is 12.3. The number of esters is 1. The Kier molecular flexibility index (Phi) is 8.67. The zero-order chi connectivity index (χ0) is 24.8. The molecule has 0 radical (unpaired) electrons. The van der Waals surface area contributed by atoms with E-state index in [1.54, 1.807) is 42.5 Å². The minimum Gasteiger partial charge on any atom is -0.493 e. The van der Waals surface area contributed by atoms with Crippen molar-refractivity contribution in [2.75, 3.05) is 12.4 Å². The molecule has 1 N–H and O–H groups in total. The van der Waals surface area contributed by atoms with Gasteiger partial charge in [0.2, 0.25) is 0 Å². The third-order valence-corrected chi connectivity index (χ3v) is 6.40. The molecule has 3 aromatic carbocycles. The van der Waals surface area contributed by atoms with Crippen molar-refractivity contribution in [3.63, 3.8) is 0 Å². The number of amides is 1. The summed E-state index contributed by atoms with van der Waals surface area (Å²) in [7, 11) is 1.43. The number of methoxy groups -OCH3 is 1. The van der Waals surface area contributed by atoms with E-state index in [2.05, 4.69) is 53.1 Å². The third-order valence-electron chi connectivity index (χ3n) is 4.56. The van der Waals surface area contributed by atoms with Gasteiger partial charge < -0.3 is 14.8 Å². The maximum Gasteiger partial charge on any atom is 0.343 e. The van der Waals surface area contributed by atoms with Crippen LogP contribution in [-0.4, -0.2) is 19.0 Å². The third kappa shape index (κ3) is 6.14. The van der Waals surface area contributed by atoms with Gasteiger partial charge in [-0.2, -0.15) is 5.26 Å². The quantitative estimate of drug-likeness (QED) is 0.134. The molecular formula is C25H17Br3N2O4. The summed E-state index contributed by atoms with van der Waals surface area (Å²) in [4.78, 5) is 25.3. The van der Waals surface area contributed by atoms with Crippen molar-refractivity contribution in [3.05, 3.63) is 90.3 Å². The van der Waals surface area contributed by atoms with E-state index in [1.165, 1.54) is 13.2 Å². The monoisotopic (exact) mass is 646 g/mol.